The molecule has 33 heavy (non-hydrogen) atoms. The van der Waals surface area contributed by atoms with Gasteiger partial charge in [-0.1, -0.05) is 22.0 Å². The summed E-state index contributed by atoms with van der Waals surface area (Å²) in [5.41, 5.74) is 3.52. The number of amides is 1. The smallest absolute Gasteiger partial charge is 0.343 e. The molecule has 10 heteroatoms. The van der Waals surface area contributed by atoms with E-state index in [0.29, 0.717) is 23.5 Å². The molecule has 168 valence electrons. The highest BCUT2D eigenvalue weighted by Crippen LogP contribution is 2.29. The van der Waals surface area contributed by atoms with Gasteiger partial charge < -0.3 is 9.47 Å². The summed E-state index contributed by atoms with van der Waals surface area (Å²) in [6.45, 7) is 2.10. The third kappa shape index (κ3) is 6.47. The Labute approximate surface area is 197 Å². The van der Waals surface area contributed by atoms with Gasteiger partial charge in [-0.25, -0.2) is 10.2 Å². The molecular formula is C23H18BrN3O6. The number of rotatable bonds is 8. The summed E-state index contributed by atoms with van der Waals surface area (Å²) in [7, 11) is 0. The molecule has 0 radical (unpaired) electrons. The second-order valence-corrected chi connectivity index (χ2v) is 7.46. The zero-order valence-electron chi connectivity index (χ0n) is 17.4. The quantitative estimate of drug-likeness (QED) is 0.153. The van der Waals surface area contributed by atoms with Crippen LogP contribution in [0.4, 0.5) is 5.69 Å². The summed E-state index contributed by atoms with van der Waals surface area (Å²) in [6.07, 6.45) is 1.43. The predicted molar refractivity (Wildman–Crippen MR) is 125 cm³/mol. The highest BCUT2D eigenvalue weighted by atomic mass is 79.9. The molecule has 0 heterocycles. The third-order valence-corrected chi connectivity index (χ3v) is 4.74. The number of carbonyl (C=O) groups excluding carboxylic acids is 2. The van der Waals surface area contributed by atoms with Crippen molar-refractivity contribution in [1.82, 2.24) is 5.43 Å². The molecule has 3 aromatic carbocycles. The lowest BCUT2D eigenvalue weighted by Gasteiger charge is -2.11. The summed E-state index contributed by atoms with van der Waals surface area (Å²) < 4.78 is 11.7. The molecular weight excluding hydrogens is 494 g/mol. The lowest BCUT2D eigenvalue weighted by atomic mass is 10.2. The largest absolute Gasteiger partial charge is 0.490 e. The number of ether oxygens (including phenoxy) is 2. The topological polar surface area (TPSA) is 120 Å². The fourth-order valence-corrected chi connectivity index (χ4v) is 3.09. The van der Waals surface area contributed by atoms with E-state index in [1.807, 2.05) is 6.07 Å². The number of nitrogens with zero attached hydrogens (tertiary/aromatic N) is 2. The van der Waals surface area contributed by atoms with Crippen LogP contribution in [-0.2, 0) is 0 Å². The molecule has 3 aromatic rings. The fourth-order valence-electron chi connectivity index (χ4n) is 2.70. The van der Waals surface area contributed by atoms with Gasteiger partial charge in [-0.15, -0.1) is 0 Å². The van der Waals surface area contributed by atoms with Gasteiger partial charge in [-0.2, -0.15) is 5.10 Å². The van der Waals surface area contributed by atoms with Crippen molar-refractivity contribution in [2.24, 2.45) is 5.10 Å². The van der Waals surface area contributed by atoms with Crippen molar-refractivity contribution in [3.05, 3.63) is 98.0 Å². The van der Waals surface area contributed by atoms with Crippen LogP contribution in [-0.4, -0.2) is 29.6 Å². The zero-order chi connectivity index (χ0) is 23.8. The standard InChI is InChI=1S/C23H18BrN3O6/c1-2-32-21-12-15(14-25-26-22(28)17-4-3-5-18(24)13-17)6-11-20(21)33-23(29)16-7-9-19(10-8-16)27(30)31/h3-14H,2H2,1H3,(H,26,28). The summed E-state index contributed by atoms with van der Waals surface area (Å²) >= 11 is 3.31. The molecule has 0 aliphatic rings. The lowest BCUT2D eigenvalue weighted by Crippen LogP contribution is -2.17. The first-order valence-corrected chi connectivity index (χ1v) is 10.5. The molecule has 0 unspecified atom stereocenters. The van der Waals surface area contributed by atoms with E-state index in [2.05, 4.69) is 26.5 Å². The Balaban J connectivity index is 1.70. The van der Waals surface area contributed by atoms with Crippen LogP contribution in [0.3, 0.4) is 0 Å². The number of nitro benzene ring substituents is 1. The third-order valence-electron chi connectivity index (χ3n) is 4.25. The van der Waals surface area contributed by atoms with Crippen LogP contribution in [0.2, 0.25) is 0 Å². The monoisotopic (exact) mass is 511 g/mol. The van der Waals surface area contributed by atoms with Crippen LogP contribution in [0.15, 0.2) is 76.3 Å². The number of halogens is 1. The van der Waals surface area contributed by atoms with Crippen molar-refractivity contribution < 1.29 is 24.0 Å². The number of hydrazone groups is 1. The Morgan fingerprint density at radius 1 is 1.06 bits per heavy atom. The molecule has 0 aliphatic carbocycles. The molecule has 0 fully saturated rings. The van der Waals surface area contributed by atoms with Crippen LogP contribution in [0.5, 0.6) is 11.5 Å². The summed E-state index contributed by atoms with van der Waals surface area (Å²) in [4.78, 5) is 34.8. The number of hydrogen-bond acceptors (Lipinski definition) is 7. The van der Waals surface area contributed by atoms with E-state index in [0.717, 1.165) is 4.47 Å². The van der Waals surface area contributed by atoms with Crippen molar-refractivity contribution >= 4 is 39.7 Å². The molecule has 0 saturated heterocycles. The maximum atomic E-state index is 12.4. The Morgan fingerprint density at radius 2 is 1.82 bits per heavy atom. The maximum Gasteiger partial charge on any atom is 0.343 e. The molecule has 1 amide bonds. The summed E-state index contributed by atoms with van der Waals surface area (Å²) in [6, 6.07) is 16.7. The molecule has 0 atom stereocenters. The van der Waals surface area contributed by atoms with E-state index < -0.39 is 10.9 Å². The first-order chi connectivity index (χ1) is 15.9. The maximum absolute atomic E-state index is 12.4. The van der Waals surface area contributed by atoms with Gasteiger partial charge in [0.25, 0.3) is 11.6 Å². The van der Waals surface area contributed by atoms with Crippen LogP contribution in [0.1, 0.15) is 33.2 Å². The van der Waals surface area contributed by atoms with Gasteiger partial charge in [-0.3, -0.25) is 14.9 Å². The van der Waals surface area contributed by atoms with E-state index in [9.17, 15) is 19.7 Å². The number of carbonyl (C=O) groups is 2. The number of esters is 1. The number of benzene rings is 3. The Kier molecular flexibility index (Phi) is 7.87. The van der Waals surface area contributed by atoms with Crippen molar-refractivity contribution in [1.29, 1.82) is 0 Å². The summed E-state index contributed by atoms with van der Waals surface area (Å²) in [5.74, 6) is -0.578. The van der Waals surface area contributed by atoms with Crippen LogP contribution >= 0.6 is 15.9 Å². The average molecular weight is 512 g/mol. The molecule has 9 nitrogen and oxygen atoms in total. The Morgan fingerprint density at radius 3 is 2.48 bits per heavy atom. The second-order valence-electron chi connectivity index (χ2n) is 6.54. The van der Waals surface area contributed by atoms with Gasteiger partial charge in [0.1, 0.15) is 0 Å². The molecule has 3 rings (SSSR count). The van der Waals surface area contributed by atoms with E-state index in [1.54, 1.807) is 37.3 Å². The van der Waals surface area contributed by atoms with Gasteiger partial charge >= 0.3 is 5.97 Å². The summed E-state index contributed by atoms with van der Waals surface area (Å²) in [5, 5.41) is 14.7. The molecule has 0 aromatic heterocycles. The minimum Gasteiger partial charge on any atom is -0.490 e. The first kappa shape index (κ1) is 23.6. The van der Waals surface area contributed by atoms with Crippen molar-refractivity contribution in [3.8, 4) is 11.5 Å². The average Bonchev–Trinajstić information content (AvgIpc) is 2.80. The minimum absolute atomic E-state index is 0.128. The highest BCUT2D eigenvalue weighted by molar-refractivity contribution is 9.10. The van der Waals surface area contributed by atoms with E-state index in [-0.39, 0.29) is 22.9 Å². The van der Waals surface area contributed by atoms with Gasteiger partial charge in [0.15, 0.2) is 11.5 Å². The van der Waals surface area contributed by atoms with Gasteiger partial charge in [0.05, 0.1) is 23.3 Å². The van der Waals surface area contributed by atoms with Crippen molar-refractivity contribution in [3.63, 3.8) is 0 Å². The fraction of sp³-hybridized carbons (Fsp3) is 0.0870. The molecule has 1 N–H and O–H groups in total. The normalized spacial score (nSPS) is 10.6. The number of non-ortho nitro benzene ring substituents is 1. The van der Waals surface area contributed by atoms with Gasteiger partial charge in [0.2, 0.25) is 0 Å². The van der Waals surface area contributed by atoms with Crippen LogP contribution in [0.25, 0.3) is 0 Å². The van der Waals surface area contributed by atoms with Crippen LogP contribution in [0, 0.1) is 10.1 Å². The van der Waals surface area contributed by atoms with Crippen molar-refractivity contribution in [2.75, 3.05) is 6.61 Å². The first-order valence-electron chi connectivity index (χ1n) is 9.70. The van der Waals surface area contributed by atoms with E-state index in [1.165, 1.54) is 36.5 Å². The lowest BCUT2D eigenvalue weighted by molar-refractivity contribution is -0.384. The Hall–Kier alpha value is -4.05. The van der Waals surface area contributed by atoms with Crippen molar-refractivity contribution in [2.45, 2.75) is 6.92 Å². The van der Waals surface area contributed by atoms with Gasteiger partial charge in [0, 0.05) is 22.2 Å². The second kappa shape index (κ2) is 11.0. The van der Waals surface area contributed by atoms with E-state index in [4.69, 9.17) is 9.47 Å². The highest BCUT2D eigenvalue weighted by Gasteiger charge is 2.15. The zero-order valence-corrected chi connectivity index (χ0v) is 18.9. The predicted octanol–water partition coefficient (Wildman–Crippen LogP) is 4.74. The van der Waals surface area contributed by atoms with E-state index >= 15 is 0 Å². The SMILES string of the molecule is CCOc1cc(C=NNC(=O)c2cccc(Br)c2)ccc1OC(=O)c1ccc([N+](=O)[O-])cc1. The number of nitro groups is 1. The molecule has 0 saturated carbocycles. The molecule has 0 aliphatic heterocycles. The molecule has 0 spiro atoms. The number of nitrogens with one attached hydrogen (secondary N) is 1. The van der Waals surface area contributed by atoms with Gasteiger partial charge in [-0.05, 0) is 61.0 Å². The number of hydrogen-bond donors (Lipinski definition) is 1. The molecule has 0 bridgehead atoms. The Bertz CT molecular complexity index is 1210. The van der Waals surface area contributed by atoms with Crippen LogP contribution < -0.4 is 14.9 Å². The minimum atomic E-state index is -0.687.